The standard InChI is InChI=1S/C13H23N5S2/c1-6-7-15-13(3,9-14)8-10(2)19-12-17-16-11(20-12)18(4)5/h10,15H,6-8H2,1-5H3. The van der Waals surface area contributed by atoms with E-state index in [1.54, 1.807) is 23.1 Å². The summed E-state index contributed by atoms with van der Waals surface area (Å²) in [4.78, 5) is 1.95. The van der Waals surface area contributed by atoms with Gasteiger partial charge in [-0.25, -0.2) is 0 Å². The number of hydrogen-bond donors (Lipinski definition) is 1. The highest BCUT2D eigenvalue weighted by molar-refractivity contribution is 8.01. The number of nitrogens with one attached hydrogen (secondary N) is 1. The topological polar surface area (TPSA) is 64.8 Å². The fourth-order valence-electron chi connectivity index (χ4n) is 1.78. The monoisotopic (exact) mass is 313 g/mol. The SMILES string of the molecule is CCCNC(C)(C#N)CC(C)Sc1nnc(N(C)C)s1. The van der Waals surface area contributed by atoms with Crippen molar-refractivity contribution in [3.63, 3.8) is 0 Å². The summed E-state index contributed by atoms with van der Waals surface area (Å²) in [6.45, 7) is 7.06. The fourth-order valence-corrected chi connectivity index (χ4v) is 4.04. The normalized spacial score (nSPS) is 15.4. The highest BCUT2D eigenvalue weighted by Crippen LogP contribution is 2.32. The Kier molecular flexibility index (Phi) is 6.72. The Bertz CT molecular complexity index is 454. The molecule has 20 heavy (non-hydrogen) atoms. The second kappa shape index (κ2) is 7.81. The molecule has 0 aliphatic carbocycles. The summed E-state index contributed by atoms with van der Waals surface area (Å²) in [5.41, 5.74) is -0.475. The summed E-state index contributed by atoms with van der Waals surface area (Å²) in [7, 11) is 3.92. The van der Waals surface area contributed by atoms with Gasteiger partial charge in [-0.1, -0.05) is 36.9 Å². The van der Waals surface area contributed by atoms with E-state index in [2.05, 4.69) is 35.4 Å². The van der Waals surface area contributed by atoms with Gasteiger partial charge in [0.05, 0.1) is 6.07 Å². The Hall–Kier alpha value is -0.840. The first-order chi connectivity index (χ1) is 9.40. The van der Waals surface area contributed by atoms with Crippen molar-refractivity contribution in [2.75, 3.05) is 25.5 Å². The Labute approximate surface area is 129 Å². The molecule has 112 valence electrons. The van der Waals surface area contributed by atoms with Gasteiger partial charge in [-0.3, -0.25) is 5.32 Å². The molecular weight excluding hydrogens is 290 g/mol. The minimum absolute atomic E-state index is 0.312. The minimum atomic E-state index is -0.475. The molecule has 2 unspecified atom stereocenters. The van der Waals surface area contributed by atoms with Gasteiger partial charge in [0, 0.05) is 19.3 Å². The van der Waals surface area contributed by atoms with Gasteiger partial charge < -0.3 is 4.90 Å². The van der Waals surface area contributed by atoms with Crippen LogP contribution in [0.4, 0.5) is 5.13 Å². The van der Waals surface area contributed by atoms with E-state index in [1.807, 2.05) is 25.9 Å². The van der Waals surface area contributed by atoms with Gasteiger partial charge in [-0.05, 0) is 26.3 Å². The third-order valence-electron chi connectivity index (χ3n) is 2.79. The Balaban J connectivity index is 2.57. The van der Waals surface area contributed by atoms with Gasteiger partial charge in [0.2, 0.25) is 5.13 Å². The number of thioether (sulfide) groups is 1. The maximum Gasteiger partial charge on any atom is 0.208 e. The molecule has 1 heterocycles. The number of aromatic nitrogens is 2. The second-order valence-electron chi connectivity index (χ2n) is 5.25. The molecule has 5 nitrogen and oxygen atoms in total. The van der Waals surface area contributed by atoms with Gasteiger partial charge in [0.25, 0.3) is 0 Å². The van der Waals surface area contributed by atoms with Crippen molar-refractivity contribution in [3.05, 3.63) is 0 Å². The zero-order chi connectivity index (χ0) is 15.2. The Morgan fingerprint density at radius 1 is 1.50 bits per heavy atom. The number of nitriles is 1. The van der Waals surface area contributed by atoms with E-state index < -0.39 is 5.54 Å². The molecular formula is C13H23N5S2. The first kappa shape index (κ1) is 17.2. The molecule has 0 saturated carbocycles. The zero-order valence-electron chi connectivity index (χ0n) is 12.8. The summed E-state index contributed by atoms with van der Waals surface area (Å²) in [5, 5.41) is 22.2. The third kappa shape index (κ3) is 5.27. The van der Waals surface area contributed by atoms with Crippen molar-refractivity contribution in [1.82, 2.24) is 15.5 Å². The molecule has 2 atom stereocenters. The van der Waals surface area contributed by atoms with Crippen LogP contribution in [0.5, 0.6) is 0 Å². The lowest BCUT2D eigenvalue weighted by atomic mass is 9.98. The van der Waals surface area contributed by atoms with Gasteiger partial charge in [0.1, 0.15) is 5.54 Å². The average molecular weight is 313 g/mol. The van der Waals surface area contributed by atoms with Crippen molar-refractivity contribution < 1.29 is 0 Å². The van der Waals surface area contributed by atoms with E-state index in [4.69, 9.17) is 0 Å². The highest BCUT2D eigenvalue weighted by atomic mass is 32.2. The predicted octanol–water partition coefficient (Wildman–Crippen LogP) is 2.76. The van der Waals surface area contributed by atoms with Crippen LogP contribution in [-0.4, -0.2) is 41.6 Å². The molecule has 0 aliphatic rings. The van der Waals surface area contributed by atoms with Crippen molar-refractivity contribution >= 4 is 28.2 Å². The molecule has 0 amide bonds. The summed E-state index contributed by atoms with van der Waals surface area (Å²) in [5.74, 6) is 0. The molecule has 7 heteroatoms. The molecule has 0 fully saturated rings. The van der Waals surface area contributed by atoms with Crippen molar-refractivity contribution in [2.24, 2.45) is 0 Å². The minimum Gasteiger partial charge on any atom is -0.353 e. The lowest BCUT2D eigenvalue weighted by molar-refractivity contribution is 0.418. The second-order valence-corrected chi connectivity index (χ2v) is 7.89. The molecule has 1 N–H and O–H groups in total. The van der Waals surface area contributed by atoms with Gasteiger partial charge in [-0.15, -0.1) is 10.2 Å². The van der Waals surface area contributed by atoms with E-state index in [0.29, 0.717) is 5.25 Å². The molecule has 1 rings (SSSR count). The van der Waals surface area contributed by atoms with E-state index in [0.717, 1.165) is 28.9 Å². The predicted molar refractivity (Wildman–Crippen MR) is 86.5 cm³/mol. The molecule has 0 aliphatic heterocycles. The summed E-state index contributed by atoms with van der Waals surface area (Å²) in [6, 6.07) is 2.39. The van der Waals surface area contributed by atoms with Crippen LogP contribution in [0.1, 0.15) is 33.6 Å². The van der Waals surface area contributed by atoms with E-state index in [9.17, 15) is 5.26 Å². The lowest BCUT2D eigenvalue weighted by Gasteiger charge is -2.25. The molecule has 0 spiro atoms. The smallest absolute Gasteiger partial charge is 0.208 e. The molecule has 1 aromatic heterocycles. The van der Waals surface area contributed by atoms with E-state index in [1.165, 1.54) is 0 Å². The highest BCUT2D eigenvalue weighted by Gasteiger charge is 2.26. The maximum atomic E-state index is 9.35. The van der Waals surface area contributed by atoms with Crippen LogP contribution in [0.25, 0.3) is 0 Å². The molecule has 0 bridgehead atoms. The van der Waals surface area contributed by atoms with Crippen molar-refractivity contribution in [2.45, 2.75) is 48.7 Å². The molecule has 0 aromatic carbocycles. The Morgan fingerprint density at radius 3 is 2.70 bits per heavy atom. The summed E-state index contributed by atoms with van der Waals surface area (Å²) < 4.78 is 0.956. The van der Waals surface area contributed by atoms with Crippen molar-refractivity contribution in [1.29, 1.82) is 5.26 Å². The van der Waals surface area contributed by atoms with Gasteiger partial charge in [-0.2, -0.15) is 5.26 Å². The summed E-state index contributed by atoms with van der Waals surface area (Å²) >= 11 is 3.27. The number of hydrogen-bond acceptors (Lipinski definition) is 7. The quantitative estimate of drug-likeness (QED) is 0.745. The van der Waals surface area contributed by atoms with Crippen LogP contribution < -0.4 is 10.2 Å². The van der Waals surface area contributed by atoms with Gasteiger partial charge in [0.15, 0.2) is 4.34 Å². The average Bonchev–Trinajstić information content (AvgIpc) is 2.85. The number of nitrogens with zero attached hydrogens (tertiary/aromatic N) is 4. The first-order valence-electron chi connectivity index (χ1n) is 6.74. The van der Waals surface area contributed by atoms with Gasteiger partial charge >= 0.3 is 0 Å². The largest absolute Gasteiger partial charge is 0.353 e. The molecule has 1 aromatic rings. The first-order valence-corrected chi connectivity index (χ1v) is 8.43. The van der Waals surface area contributed by atoms with Crippen LogP contribution in [0.15, 0.2) is 4.34 Å². The lowest BCUT2D eigenvalue weighted by Crippen LogP contribution is -2.43. The van der Waals surface area contributed by atoms with E-state index in [-0.39, 0.29) is 0 Å². The van der Waals surface area contributed by atoms with Crippen LogP contribution in [0, 0.1) is 11.3 Å². The molecule has 0 radical (unpaired) electrons. The van der Waals surface area contributed by atoms with Crippen LogP contribution >= 0.6 is 23.1 Å². The van der Waals surface area contributed by atoms with E-state index >= 15 is 0 Å². The third-order valence-corrected chi connectivity index (χ3v) is 5.06. The number of rotatable bonds is 8. The molecule has 0 saturated heterocycles. The maximum absolute atomic E-state index is 9.35. The fraction of sp³-hybridized carbons (Fsp3) is 0.769. The zero-order valence-corrected chi connectivity index (χ0v) is 14.4. The number of anilines is 1. The van der Waals surface area contributed by atoms with Crippen LogP contribution in [0.2, 0.25) is 0 Å². The van der Waals surface area contributed by atoms with Crippen LogP contribution in [0.3, 0.4) is 0 Å². The Morgan fingerprint density at radius 2 is 2.20 bits per heavy atom. The summed E-state index contributed by atoms with van der Waals surface area (Å²) in [6.07, 6.45) is 1.81. The van der Waals surface area contributed by atoms with Crippen LogP contribution in [-0.2, 0) is 0 Å². The van der Waals surface area contributed by atoms with Crippen molar-refractivity contribution in [3.8, 4) is 6.07 Å².